The fourth-order valence-corrected chi connectivity index (χ4v) is 2.04. The first-order valence-corrected chi connectivity index (χ1v) is 5.74. The zero-order valence-corrected chi connectivity index (χ0v) is 9.55. The molecule has 0 bridgehead atoms. The van der Waals surface area contributed by atoms with E-state index in [4.69, 9.17) is 10.5 Å². The number of halogens is 1. The third-order valence-electron chi connectivity index (χ3n) is 2.14. The molecule has 2 N–H and O–H groups in total. The molecule has 1 heterocycles. The minimum Gasteiger partial charge on any atom is -0.494 e. The summed E-state index contributed by atoms with van der Waals surface area (Å²) >= 11 is 1.55. The molecule has 5 heteroatoms. The van der Waals surface area contributed by atoms with Gasteiger partial charge in [-0.1, -0.05) is 0 Å². The second-order valence-electron chi connectivity index (χ2n) is 3.27. The summed E-state index contributed by atoms with van der Waals surface area (Å²) in [6, 6.07) is 4.74. The monoisotopic (exact) mass is 238 g/mol. The van der Waals surface area contributed by atoms with E-state index in [-0.39, 0.29) is 5.75 Å². The van der Waals surface area contributed by atoms with E-state index in [1.165, 1.54) is 13.2 Å². The van der Waals surface area contributed by atoms with Gasteiger partial charge in [-0.3, -0.25) is 0 Å². The molecule has 1 aromatic carbocycles. The van der Waals surface area contributed by atoms with Crippen LogP contribution in [-0.2, 0) is 0 Å². The third-order valence-corrected chi connectivity index (χ3v) is 2.99. The molecule has 1 aliphatic heterocycles. The number of ether oxygens (including phenoxy) is 1. The van der Waals surface area contributed by atoms with Gasteiger partial charge in [-0.05, 0) is 23.6 Å². The molecule has 0 saturated heterocycles. The summed E-state index contributed by atoms with van der Waals surface area (Å²) in [7, 11) is 1.43. The summed E-state index contributed by atoms with van der Waals surface area (Å²) in [4.78, 5) is 4.18. The van der Waals surface area contributed by atoms with Crippen LogP contribution in [0.1, 0.15) is 5.56 Å². The maximum Gasteiger partial charge on any atom is 0.165 e. The van der Waals surface area contributed by atoms with E-state index >= 15 is 0 Å². The molecule has 0 aliphatic carbocycles. The van der Waals surface area contributed by atoms with Gasteiger partial charge in [0, 0.05) is 5.56 Å². The molecule has 2 rings (SSSR count). The number of hydrogen-bond acceptors (Lipinski definition) is 4. The lowest BCUT2D eigenvalue weighted by Crippen LogP contribution is -2.16. The predicted octanol–water partition coefficient (Wildman–Crippen LogP) is 2.24. The zero-order chi connectivity index (χ0) is 11.5. The van der Waals surface area contributed by atoms with Gasteiger partial charge in [-0.15, -0.1) is 11.8 Å². The lowest BCUT2D eigenvalue weighted by molar-refractivity contribution is 0.386. The molecular formula is C11H11FN2OS. The van der Waals surface area contributed by atoms with Crippen molar-refractivity contribution in [2.75, 3.05) is 12.9 Å². The van der Waals surface area contributed by atoms with Crippen LogP contribution < -0.4 is 10.5 Å². The van der Waals surface area contributed by atoms with E-state index in [1.54, 1.807) is 23.9 Å². The van der Waals surface area contributed by atoms with Gasteiger partial charge in [0.15, 0.2) is 11.6 Å². The summed E-state index contributed by atoms with van der Waals surface area (Å²) < 4.78 is 18.3. The van der Waals surface area contributed by atoms with Gasteiger partial charge in [-0.25, -0.2) is 9.38 Å². The van der Waals surface area contributed by atoms with Crippen LogP contribution in [0.15, 0.2) is 28.6 Å². The Labute approximate surface area is 97.2 Å². The van der Waals surface area contributed by atoms with Crippen LogP contribution in [0.5, 0.6) is 5.75 Å². The molecule has 0 radical (unpaired) electrons. The lowest BCUT2D eigenvalue weighted by atomic mass is 10.1. The van der Waals surface area contributed by atoms with Crippen LogP contribution in [-0.4, -0.2) is 18.7 Å². The first-order chi connectivity index (χ1) is 7.70. The van der Waals surface area contributed by atoms with Crippen molar-refractivity contribution in [3.8, 4) is 5.75 Å². The first-order valence-electron chi connectivity index (χ1n) is 4.69. The van der Waals surface area contributed by atoms with Gasteiger partial charge in [0.2, 0.25) is 0 Å². The van der Waals surface area contributed by atoms with Crippen LogP contribution in [0, 0.1) is 5.82 Å². The van der Waals surface area contributed by atoms with Gasteiger partial charge in [0.05, 0.1) is 18.6 Å². The molecule has 1 aromatic rings. The van der Waals surface area contributed by atoms with E-state index in [2.05, 4.69) is 4.99 Å². The Hall–Kier alpha value is -1.49. The van der Waals surface area contributed by atoms with E-state index < -0.39 is 5.82 Å². The number of benzene rings is 1. The maximum atomic E-state index is 13.5. The number of aliphatic imine (C=N–C) groups is 1. The van der Waals surface area contributed by atoms with Gasteiger partial charge in [-0.2, -0.15) is 0 Å². The minimum absolute atomic E-state index is 0.227. The summed E-state index contributed by atoms with van der Waals surface area (Å²) in [6.45, 7) is 0. The normalized spacial score (nSPS) is 15.4. The van der Waals surface area contributed by atoms with Gasteiger partial charge < -0.3 is 10.5 Å². The smallest absolute Gasteiger partial charge is 0.165 e. The highest BCUT2D eigenvalue weighted by molar-refractivity contribution is 8.03. The number of amidine groups is 1. The molecule has 0 saturated carbocycles. The van der Waals surface area contributed by atoms with Crippen LogP contribution >= 0.6 is 11.8 Å². The highest BCUT2D eigenvalue weighted by Gasteiger charge is 2.10. The Morgan fingerprint density at radius 1 is 1.50 bits per heavy atom. The number of hydrogen-bond donors (Lipinski definition) is 1. The Kier molecular flexibility index (Phi) is 3.14. The summed E-state index contributed by atoms with van der Waals surface area (Å²) in [6.07, 6.45) is 0. The predicted molar refractivity (Wildman–Crippen MR) is 65.0 cm³/mol. The van der Waals surface area contributed by atoms with Crippen molar-refractivity contribution in [3.05, 3.63) is 35.0 Å². The first kappa shape index (κ1) is 11.0. The van der Waals surface area contributed by atoms with Crippen LogP contribution in [0.2, 0.25) is 0 Å². The zero-order valence-electron chi connectivity index (χ0n) is 8.74. The Bertz CT molecular complexity index is 471. The summed E-state index contributed by atoms with van der Waals surface area (Å²) in [5.74, 6) is 1.07. The molecule has 0 unspecified atom stereocenters. The van der Waals surface area contributed by atoms with Crippen LogP contribution in [0.4, 0.5) is 4.39 Å². The topological polar surface area (TPSA) is 47.6 Å². The number of methoxy groups -OCH3 is 1. The average molecular weight is 238 g/mol. The largest absolute Gasteiger partial charge is 0.494 e. The van der Waals surface area contributed by atoms with Gasteiger partial charge in [0.25, 0.3) is 0 Å². The fourth-order valence-electron chi connectivity index (χ4n) is 1.38. The Morgan fingerprint density at radius 2 is 2.31 bits per heavy atom. The highest BCUT2D eigenvalue weighted by atomic mass is 32.2. The molecule has 16 heavy (non-hydrogen) atoms. The van der Waals surface area contributed by atoms with Crippen molar-refractivity contribution in [2.45, 2.75) is 0 Å². The third kappa shape index (κ3) is 2.19. The van der Waals surface area contributed by atoms with E-state index in [9.17, 15) is 4.39 Å². The van der Waals surface area contributed by atoms with Crippen LogP contribution in [0.25, 0.3) is 5.70 Å². The minimum atomic E-state index is -0.398. The number of thioether (sulfide) groups is 1. The Morgan fingerprint density at radius 3 is 2.94 bits per heavy atom. The van der Waals surface area contributed by atoms with E-state index in [0.717, 1.165) is 0 Å². The molecule has 1 aliphatic rings. The summed E-state index contributed by atoms with van der Waals surface area (Å²) in [5.41, 5.74) is 7.02. The van der Waals surface area contributed by atoms with Crippen molar-refractivity contribution >= 4 is 23.3 Å². The molecule has 0 amide bonds. The summed E-state index contributed by atoms with van der Waals surface area (Å²) in [5, 5.41) is 1.87. The number of nitrogens with two attached hydrogens (primary N) is 1. The highest BCUT2D eigenvalue weighted by Crippen LogP contribution is 2.27. The molecule has 0 fully saturated rings. The fraction of sp³-hybridized carbons (Fsp3) is 0.182. The van der Waals surface area contributed by atoms with Crippen molar-refractivity contribution in [3.63, 3.8) is 0 Å². The van der Waals surface area contributed by atoms with E-state index in [0.29, 0.717) is 22.8 Å². The maximum absolute atomic E-state index is 13.5. The molecule has 0 atom stereocenters. The molecule has 84 valence electrons. The Balaban J connectivity index is 2.35. The van der Waals surface area contributed by atoms with Crippen molar-refractivity contribution in [2.24, 2.45) is 10.7 Å². The van der Waals surface area contributed by atoms with Crippen molar-refractivity contribution in [1.29, 1.82) is 0 Å². The number of rotatable bonds is 2. The quantitative estimate of drug-likeness (QED) is 0.859. The van der Waals surface area contributed by atoms with Crippen molar-refractivity contribution in [1.82, 2.24) is 0 Å². The molecule has 0 aromatic heterocycles. The standard InChI is InChI=1S/C11H11FN2OS/c1-15-10-3-2-7(4-8(10)12)9-5-16-6-11(13)14-9/h2-5H,6H2,1H3,(H2,13,14). The van der Waals surface area contributed by atoms with Crippen molar-refractivity contribution < 1.29 is 9.13 Å². The number of nitrogens with zero attached hydrogens (tertiary/aromatic N) is 1. The molecular weight excluding hydrogens is 227 g/mol. The van der Waals surface area contributed by atoms with E-state index in [1.807, 2.05) is 5.41 Å². The SMILES string of the molecule is COc1ccc(C2=CSCC(N)=N2)cc1F. The van der Waals surface area contributed by atoms with Gasteiger partial charge in [0.1, 0.15) is 5.84 Å². The average Bonchev–Trinajstić information content (AvgIpc) is 2.29. The molecule has 0 spiro atoms. The second kappa shape index (κ2) is 4.57. The van der Waals surface area contributed by atoms with Crippen LogP contribution in [0.3, 0.4) is 0 Å². The molecule has 3 nitrogen and oxygen atoms in total. The van der Waals surface area contributed by atoms with Gasteiger partial charge >= 0.3 is 0 Å². The second-order valence-corrected chi connectivity index (χ2v) is 4.12. The lowest BCUT2D eigenvalue weighted by Gasteiger charge is -2.10.